The molecule has 1 heterocycles. The second kappa shape index (κ2) is 7.28. The molecular weight excluding hydrogens is 328 g/mol. The lowest BCUT2D eigenvalue weighted by Gasteiger charge is -2.30. The molecule has 0 radical (unpaired) electrons. The van der Waals surface area contributed by atoms with Crippen molar-refractivity contribution in [2.24, 2.45) is 0 Å². The predicted octanol–water partition coefficient (Wildman–Crippen LogP) is 4.38. The molecule has 2 aromatic carbocycles. The van der Waals surface area contributed by atoms with Crippen molar-refractivity contribution in [3.63, 3.8) is 0 Å². The molecule has 120 valence electrons. The Balaban J connectivity index is 1.64. The van der Waals surface area contributed by atoms with Crippen LogP contribution in [-0.4, -0.2) is 18.2 Å². The summed E-state index contributed by atoms with van der Waals surface area (Å²) < 4.78 is 0. The van der Waals surface area contributed by atoms with E-state index < -0.39 is 0 Å². The van der Waals surface area contributed by atoms with Gasteiger partial charge in [0.05, 0.1) is 5.02 Å². The number of carbonyl (C=O) groups is 1. The van der Waals surface area contributed by atoms with Gasteiger partial charge >= 0.3 is 0 Å². The molecule has 0 saturated heterocycles. The van der Waals surface area contributed by atoms with Gasteiger partial charge in [0.15, 0.2) is 0 Å². The maximum Gasteiger partial charge on any atom is 0.227 e. The Hall–Kier alpha value is -1.65. The Labute approximate surface area is 145 Å². The van der Waals surface area contributed by atoms with Crippen molar-refractivity contribution in [3.8, 4) is 0 Å². The highest BCUT2D eigenvalue weighted by Gasteiger charge is 2.23. The van der Waals surface area contributed by atoms with E-state index in [2.05, 4.69) is 0 Å². The zero-order chi connectivity index (χ0) is 16.2. The van der Waals surface area contributed by atoms with Crippen molar-refractivity contribution in [3.05, 3.63) is 53.1 Å². The van der Waals surface area contributed by atoms with Crippen LogP contribution in [0.1, 0.15) is 18.4 Å². The van der Waals surface area contributed by atoms with Gasteiger partial charge in [-0.25, -0.2) is 0 Å². The first-order valence-electron chi connectivity index (χ1n) is 7.72. The van der Waals surface area contributed by atoms with Crippen molar-refractivity contribution in [2.45, 2.75) is 24.2 Å². The molecular formula is C18H19ClN2OS. The molecule has 3 nitrogen and oxygen atoms in total. The number of halogens is 1. The standard InChI is InChI=1S/C18H19ClN2OS/c19-14-6-1-2-9-17(14)23-12-10-18(22)21-11-4-5-13-15(20)7-3-8-16(13)21/h1-3,6-9H,4-5,10-12,20H2. The van der Waals surface area contributed by atoms with E-state index in [4.69, 9.17) is 17.3 Å². The van der Waals surface area contributed by atoms with Crippen LogP contribution in [0.3, 0.4) is 0 Å². The summed E-state index contributed by atoms with van der Waals surface area (Å²) in [6, 6.07) is 13.5. The van der Waals surface area contributed by atoms with Gasteiger partial charge in [-0.2, -0.15) is 0 Å². The summed E-state index contributed by atoms with van der Waals surface area (Å²) in [4.78, 5) is 15.5. The van der Waals surface area contributed by atoms with Gasteiger partial charge in [0.25, 0.3) is 0 Å². The van der Waals surface area contributed by atoms with Gasteiger partial charge in [0, 0.05) is 35.0 Å². The number of carbonyl (C=O) groups excluding carboxylic acids is 1. The molecule has 0 unspecified atom stereocenters. The Bertz CT molecular complexity index is 720. The summed E-state index contributed by atoms with van der Waals surface area (Å²) in [5.41, 5.74) is 8.90. The second-order valence-electron chi connectivity index (χ2n) is 5.52. The highest BCUT2D eigenvalue weighted by Crippen LogP contribution is 2.32. The van der Waals surface area contributed by atoms with E-state index in [1.165, 1.54) is 0 Å². The van der Waals surface area contributed by atoms with E-state index in [0.29, 0.717) is 6.42 Å². The molecule has 2 aromatic rings. The first-order valence-corrected chi connectivity index (χ1v) is 9.08. The number of nitrogen functional groups attached to an aromatic ring is 1. The highest BCUT2D eigenvalue weighted by atomic mass is 35.5. The van der Waals surface area contributed by atoms with Crippen molar-refractivity contribution in [2.75, 3.05) is 22.9 Å². The van der Waals surface area contributed by atoms with E-state index in [1.54, 1.807) is 11.8 Å². The quantitative estimate of drug-likeness (QED) is 0.660. The van der Waals surface area contributed by atoms with Gasteiger partial charge in [0.2, 0.25) is 5.91 Å². The predicted molar refractivity (Wildman–Crippen MR) is 98.3 cm³/mol. The Morgan fingerprint density at radius 3 is 2.87 bits per heavy atom. The third-order valence-corrected chi connectivity index (χ3v) is 5.51. The minimum atomic E-state index is 0.149. The van der Waals surface area contributed by atoms with Crippen LogP contribution in [0.4, 0.5) is 11.4 Å². The molecule has 0 fully saturated rings. The zero-order valence-electron chi connectivity index (χ0n) is 12.8. The molecule has 1 amide bonds. The molecule has 0 aliphatic carbocycles. The van der Waals surface area contributed by atoms with Gasteiger partial charge in [-0.3, -0.25) is 4.79 Å². The van der Waals surface area contributed by atoms with Gasteiger partial charge in [-0.05, 0) is 42.7 Å². The number of nitrogens with zero attached hydrogens (tertiary/aromatic N) is 1. The van der Waals surface area contributed by atoms with Crippen molar-refractivity contribution in [1.29, 1.82) is 0 Å². The average molecular weight is 347 g/mol. The Morgan fingerprint density at radius 2 is 2.04 bits per heavy atom. The number of amides is 1. The lowest BCUT2D eigenvalue weighted by atomic mass is 9.99. The van der Waals surface area contributed by atoms with Crippen LogP contribution in [-0.2, 0) is 11.2 Å². The lowest BCUT2D eigenvalue weighted by molar-refractivity contribution is -0.118. The minimum Gasteiger partial charge on any atom is -0.398 e. The van der Waals surface area contributed by atoms with E-state index in [-0.39, 0.29) is 5.91 Å². The van der Waals surface area contributed by atoms with Crippen LogP contribution in [0.15, 0.2) is 47.4 Å². The smallest absolute Gasteiger partial charge is 0.227 e. The monoisotopic (exact) mass is 346 g/mol. The summed E-state index contributed by atoms with van der Waals surface area (Å²) in [7, 11) is 0. The van der Waals surface area contributed by atoms with Crippen molar-refractivity contribution in [1.82, 2.24) is 0 Å². The van der Waals surface area contributed by atoms with E-state index in [9.17, 15) is 4.79 Å². The van der Waals surface area contributed by atoms with Crippen LogP contribution in [0.25, 0.3) is 0 Å². The summed E-state index contributed by atoms with van der Waals surface area (Å²) >= 11 is 7.76. The fourth-order valence-corrected chi connectivity index (χ4v) is 4.03. The van der Waals surface area contributed by atoms with Gasteiger partial charge in [0.1, 0.15) is 0 Å². The van der Waals surface area contributed by atoms with Crippen LogP contribution in [0.2, 0.25) is 5.02 Å². The average Bonchev–Trinajstić information content (AvgIpc) is 2.56. The van der Waals surface area contributed by atoms with Crippen LogP contribution < -0.4 is 10.6 Å². The molecule has 0 aromatic heterocycles. The Kier molecular flexibility index (Phi) is 5.13. The maximum absolute atomic E-state index is 12.6. The minimum absolute atomic E-state index is 0.149. The molecule has 23 heavy (non-hydrogen) atoms. The number of anilines is 2. The number of hydrogen-bond donors (Lipinski definition) is 1. The van der Waals surface area contributed by atoms with Gasteiger partial charge in [-0.15, -0.1) is 11.8 Å². The van der Waals surface area contributed by atoms with Crippen molar-refractivity contribution < 1.29 is 4.79 Å². The van der Waals surface area contributed by atoms with Crippen LogP contribution >= 0.6 is 23.4 Å². The van der Waals surface area contributed by atoms with E-state index >= 15 is 0 Å². The number of thioether (sulfide) groups is 1. The molecule has 0 atom stereocenters. The van der Waals surface area contributed by atoms with E-state index in [1.807, 2.05) is 47.4 Å². The number of nitrogens with two attached hydrogens (primary N) is 1. The molecule has 0 spiro atoms. The molecule has 1 aliphatic rings. The molecule has 5 heteroatoms. The van der Waals surface area contributed by atoms with Crippen LogP contribution in [0, 0.1) is 0 Å². The lowest BCUT2D eigenvalue weighted by Crippen LogP contribution is -2.35. The number of hydrogen-bond acceptors (Lipinski definition) is 3. The van der Waals surface area contributed by atoms with Crippen molar-refractivity contribution >= 4 is 40.6 Å². The second-order valence-corrected chi connectivity index (χ2v) is 7.07. The van der Waals surface area contributed by atoms with Crippen LogP contribution in [0.5, 0.6) is 0 Å². The Morgan fingerprint density at radius 1 is 1.22 bits per heavy atom. The summed E-state index contributed by atoms with van der Waals surface area (Å²) in [6.07, 6.45) is 2.40. The maximum atomic E-state index is 12.6. The number of rotatable bonds is 4. The summed E-state index contributed by atoms with van der Waals surface area (Å²) in [6.45, 7) is 0.770. The highest BCUT2D eigenvalue weighted by molar-refractivity contribution is 7.99. The first-order chi connectivity index (χ1) is 11.2. The molecule has 2 N–H and O–H groups in total. The summed E-state index contributed by atoms with van der Waals surface area (Å²) in [5, 5.41) is 0.737. The molecule has 0 saturated carbocycles. The summed E-state index contributed by atoms with van der Waals surface area (Å²) in [5.74, 6) is 0.868. The number of fused-ring (bicyclic) bond motifs is 1. The first kappa shape index (κ1) is 16.2. The molecule has 0 bridgehead atoms. The third kappa shape index (κ3) is 3.65. The van der Waals surface area contributed by atoms with E-state index in [0.717, 1.165) is 52.0 Å². The fraction of sp³-hybridized carbons (Fsp3) is 0.278. The topological polar surface area (TPSA) is 46.3 Å². The zero-order valence-corrected chi connectivity index (χ0v) is 14.4. The number of benzene rings is 2. The molecule has 1 aliphatic heterocycles. The fourth-order valence-electron chi connectivity index (χ4n) is 2.86. The van der Waals surface area contributed by atoms with Gasteiger partial charge in [-0.1, -0.05) is 29.8 Å². The van der Waals surface area contributed by atoms with Gasteiger partial charge < -0.3 is 10.6 Å². The SMILES string of the molecule is Nc1cccc2c1CCCN2C(=O)CCSc1ccccc1Cl. The normalized spacial score (nSPS) is 13.7. The molecule has 3 rings (SSSR count). The third-order valence-electron chi connectivity index (χ3n) is 4.00. The largest absolute Gasteiger partial charge is 0.398 e.